The minimum Gasteiger partial charge on any atom is -0.394 e. The molecular weight excluding hydrogens is 198 g/mol. The molecule has 0 bridgehead atoms. The van der Waals surface area contributed by atoms with Crippen molar-refractivity contribution in [2.45, 2.75) is 43.1 Å². The Morgan fingerprint density at radius 3 is 2.60 bits per heavy atom. The van der Waals surface area contributed by atoms with Crippen LogP contribution in [0.1, 0.15) is 19.3 Å². The van der Waals surface area contributed by atoms with E-state index in [-0.39, 0.29) is 6.61 Å². The maximum absolute atomic E-state index is 9.98. The molecule has 0 amide bonds. The Kier molecular flexibility index (Phi) is 3.00. The van der Waals surface area contributed by atoms with Gasteiger partial charge in [0.25, 0.3) is 0 Å². The monoisotopic (exact) mass is 217 g/mol. The van der Waals surface area contributed by atoms with Gasteiger partial charge in [-0.15, -0.1) is 0 Å². The SMILES string of the molecule is OC[C@@]12CCCCN1CC(O)C(O)C2O. The molecule has 2 aliphatic heterocycles. The second-order valence-corrected chi connectivity index (χ2v) is 4.67. The van der Waals surface area contributed by atoms with E-state index in [0.717, 1.165) is 19.4 Å². The lowest BCUT2D eigenvalue weighted by molar-refractivity contribution is -0.197. The van der Waals surface area contributed by atoms with Crippen molar-refractivity contribution in [1.82, 2.24) is 4.90 Å². The van der Waals surface area contributed by atoms with Gasteiger partial charge in [-0.1, -0.05) is 6.42 Å². The van der Waals surface area contributed by atoms with E-state index in [1.165, 1.54) is 0 Å². The minimum absolute atomic E-state index is 0.169. The van der Waals surface area contributed by atoms with Gasteiger partial charge in [0.2, 0.25) is 0 Å². The highest BCUT2D eigenvalue weighted by atomic mass is 16.4. The van der Waals surface area contributed by atoms with E-state index in [4.69, 9.17) is 0 Å². The van der Waals surface area contributed by atoms with Crippen LogP contribution in [0.2, 0.25) is 0 Å². The summed E-state index contributed by atoms with van der Waals surface area (Å²) in [6.45, 7) is 0.929. The summed E-state index contributed by atoms with van der Waals surface area (Å²) in [6.07, 6.45) is -0.501. The molecule has 2 saturated heterocycles. The van der Waals surface area contributed by atoms with Crippen LogP contribution < -0.4 is 0 Å². The summed E-state index contributed by atoms with van der Waals surface area (Å²) in [6, 6.07) is 0. The smallest absolute Gasteiger partial charge is 0.109 e. The van der Waals surface area contributed by atoms with E-state index in [1.54, 1.807) is 0 Å². The van der Waals surface area contributed by atoms with Crippen molar-refractivity contribution in [3.05, 3.63) is 0 Å². The molecule has 2 fully saturated rings. The van der Waals surface area contributed by atoms with Crippen LogP contribution in [-0.4, -0.2) is 68.9 Å². The first kappa shape index (κ1) is 11.3. The normalized spacial score (nSPS) is 47.6. The van der Waals surface area contributed by atoms with Crippen LogP contribution in [0, 0.1) is 0 Å². The van der Waals surface area contributed by atoms with Crippen LogP contribution in [0.3, 0.4) is 0 Å². The quantitative estimate of drug-likeness (QED) is 0.421. The predicted molar refractivity (Wildman–Crippen MR) is 53.3 cm³/mol. The highest BCUT2D eigenvalue weighted by Crippen LogP contribution is 2.36. The van der Waals surface area contributed by atoms with Gasteiger partial charge in [-0.3, -0.25) is 4.90 Å². The van der Waals surface area contributed by atoms with Crippen LogP contribution in [0.4, 0.5) is 0 Å². The zero-order valence-corrected chi connectivity index (χ0v) is 8.71. The van der Waals surface area contributed by atoms with E-state index >= 15 is 0 Å². The molecule has 2 rings (SSSR count). The molecule has 5 nitrogen and oxygen atoms in total. The van der Waals surface area contributed by atoms with Crippen LogP contribution in [0.5, 0.6) is 0 Å². The molecule has 15 heavy (non-hydrogen) atoms. The first-order chi connectivity index (χ1) is 7.12. The molecule has 2 heterocycles. The third-order valence-corrected chi connectivity index (χ3v) is 3.87. The molecule has 5 heteroatoms. The molecule has 3 unspecified atom stereocenters. The van der Waals surface area contributed by atoms with Crippen LogP contribution in [0.15, 0.2) is 0 Å². The second-order valence-electron chi connectivity index (χ2n) is 4.67. The third-order valence-electron chi connectivity index (χ3n) is 3.87. The molecule has 2 aliphatic rings. The number of nitrogens with zero attached hydrogens (tertiary/aromatic N) is 1. The number of piperidine rings is 2. The van der Waals surface area contributed by atoms with Crippen molar-refractivity contribution in [3.63, 3.8) is 0 Å². The molecule has 0 aliphatic carbocycles. The molecule has 0 aromatic carbocycles. The van der Waals surface area contributed by atoms with Gasteiger partial charge in [0.05, 0.1) is 18.2 Å². The highest BCUT2D eigenvalue weighted by Gasteiger charge is 2.52. The number of hydrogen-bond donors (Lipinski definition) is 4. The molecular formula is C10H19NO4. The maximum Gasteiger partial charge on any atom is 0.109 e. The summed E-state index contributed by atoms with van der Waals surface area (Å²) >= 11 is 0. The zero-order chi connectivity index (χ0) is 11.1. The van der Waals surface area contributed by atoms with E-state index in [0.29, 0.717) is 13.0 Å². The average Bonchev–Trinajstić information content (AvgIpc) is 2.26. The van der Waals surface area contributed by atoms with Gasteiger partial charge in [0, 0.05) is 6.54 Å². The number of hydrogen-bond acceptors (Lipinski definition) is 5. The Morgan fingerprint density at radius 2 is 1.93 bits per heavy atom. The zero-order valence-electron chi connectivity index (χ0n) is 8.71. The summed E-state index contributed by atoms with van der Waals surface area (Å²) < 4.78 is 0. The van der Waals surface area contributed by atoms with Crippen molar-refractivity contribution >= 4 is 0 Å². The summed E-state index contributed by atoms with van der Waals surface area (Å²) in [4.78, 5) is 1.92. The molecule has 0 aromatic heterocycles. The first-order valence-electron chi connectivity index (χ1n) is 5.52. The van der Waals surface area contributed by atoms with Gasteiger partial charge in [-0.25, -0.2) is 0 Å². The van der Waals surface area contributed by atoms with Gasteiger partial charge < -0.3 is 20.4 Å². The van der Waals surface area contributed by atoms with E-state index in [9.17, 15) is 20.4 Å². The molecule has 4 atom stereocenters. The summed E-state index contributed by atoms with van der Waals surface area (Å²) in [5.74, 6) is 0. The number of aliphatic hydroxyl groups excluding tert-OH is 4. The van der Waals surface area contributed by atoms with Gasteiger partial charge >= 0.3 is 0 Å². The number of rotatable bonds is 1. The summed E-state index contributed by atoms with van der Waals surface area (Å²) in [5, 5.41) is 38.6. The predicted octanol–water partition coefficient (Wildman–Crippen LogP) is -1.70. The van der Waals surface area contributed by atoms with Gasteiger partial charge in [0.15, 0.2) is 0 Å². The van der Waals surface area contributed by atoms with Crippen molar-refractivity contribution in [2.24, 2.45) is 0 Å². The van der Waals surface area contributed by atoms with E-state index in [2.05, 4.69) is 0 Å². The van der Waals surface area contributed by atoms with Crippen molar-refractivity contribution in [2.75, 3.05) is 19.7 Å². The van der Waals surface area contributed by atoms with Crippen molar-refractivity contribution < 1.29 is 20.4 Å². The fourth-order valence-electron chi connectivity index (χ4n) is 2.86. The number of aliphatic hydroxyl groups is 4. The van der Waals surface area contributed by atoms with Gasteiger partial charge in [-0.05, 0) is 19.4 Å². The Balaban J connectivity index is 2.25. The maximum atomic E-state index is 9.98. The summed E-state index contributed by atoms with van der Waals surface area (Å²) in [7, 11) is 0. The first-order valence-corrected chi connectivity index (χ1v) is 5.52. The number of β-amino-alcohol motifs (C(OH)–C–C–N with tert-alkyl or cyclic N) is 1. The topological polar surface area (TPSA) is 84.2 Å². The van der Waals surface area contributed by atoms with Gasteiger partial charge in [-0.2, -0.15) is 0 Å². The Labute approximate surface area is 88.9 Å². The average molecular weight is 217 g/mol. The lowest BCUT2D eigenvalue weighted by Crippen LogP contribution is -2.72. The standard InChI is InChI=1S/C10H19NO4/c12-6-10-3-1-2-4-11(10)5-7(13)8(14)9(10)15/h7-9,12-15H,1-6H2/t7?,8?,9?,10-/m1/s1. The highest BCUT2D eigenvalue weighted by molar-refractivity contribution is 5.07. The Morgan fingerprint density at radius 1 is 1.20 bits per heavy atom. The molecule has 4 N–H and O–H groups in total. The van der Waals surface area contributed by atoms with Crippen LogP contribution in [0.25, 0.3) is 0 Å². The lowest BCUT2D eigenvalue weighted by Gasteiger charge is -2.54. The molecule has 88 valence electrons. The molecule has 0 saturated carbocycles. The molecule has 0 radical (unpaired) electrons. The fraction of sp³-hybridized carbons (Fsp3) is 1.00. The largest absolute Gasteiger partial charge is 0.394 e. The van der Waals surface area contributed by atoms with Crippen molar-refractivity contribution in [1.29, 1.82) is 0 Å². The third kappa shape index (κ3) is 1.59. The fourth-order valence-corrected chi connectivity index (χ4v) is 2.86. The lowest BCUT2D eigenvalue weighted by atomic mass is 9.75. The van der Waals surface area contributed by atoms with Crippen LogP contribution >= 0.6 is 0 Å². The second kappa shape index (κ2) is 3.99. The summed E-state index contributed by atoms with van der Waals surface area (Å²) in [5.41, 5.74) is -0.739. The van der Waals surface area contributed by atoms with Crippen LogP contribution in [-0.2, 0) is 0 Å². The Hall–Kier alpha value is -0.200. The van der Waals surface area contributed by atoms with E-state index < -0.39 is 23.9 Å². The number of fused-ring (bicyclic) bond motifs is 1. The molecule has 0 aromatic rings. The van der Waals surface area contributed by atoms with Crippen molar-refractivity contribution in [3.8, 4) is 0 Å². The molecule has 0 spiro atoms. The minimum atomic E-state index is -1.15. The van der Waals surface area contributed by atoms with E-state index in [1.807, 2.05) is 4.90 Å². The Bertz CT molecular complexity index is 233. The van der Waals surface area contributed by atoms with Gasteiger partial charge in [0.1, 0.15) is 12.2 Å².